The number of halogens is 1. The summed E-state index contributed by atoms with van der Waals surface area (Å²) in [5.41, 5.74) is 1.97. The van der Waals surface area contributed by atoms with Crippen LogP contribution in [-0.4, -0.2) is 23.2 Å². The van der Waals surface area contributed by atoms with Crippen molar-refractivity contribution < 1.29 is 18.0 Å². The van der Waals surface area contributed by atoms with Crippen molar-refractivity contribution in [3.05, 3.63) is 90.3 Å². The van der Waals surface area contributed by atoms with Crippen LogP contribution in [0.3, 0.4) is 0 Å². The lowest BCUT2D eigenvalue weighted by molar-refractivity contribution is -0.131. The van der Waals surface area contributed by atoms with Gasteiger partial charge in [0.15, 0.2) is 5.76 Å². The highest BCUT2D eigenvalue weighted by Gasteiger charge is 2.35. The van der Waals surface area contributed by atoms with Crippen molar-refractivity contribution in [3.63, 3.8) is 0 Å². The molecule has 0 fully saturated rings. The largest absolute Gasteiger partial charge is 0.467 e. The lowest BCUT2D eigenvalue weighted by Crippen LogP contribution is -2.32. The fourth-order valence-corrected chi connectivity index (χ4v) is 3.57. The highest BCUT2D eigenvalue weighted by atomic mass is 19.1. The zero-order valence-corrected chi connectivity index (χ0v) is 15.9. The smallest absolute Gasteiger partial charge is 0.262 e. The van der Waals surface area contributed by atoms with Crippen LogP contribution in [0.4, 0.5) is 10.1 Å². The van der Waals surface area contributed by atoms with Gasteiger partial charge in [0, 0.05) is 17.5 Å². The Morgan fingerprint density at radius 3 is 2.83 bits per heavy atom. The van der Waals surface area contributed by atoms with Crippen molar-refractivity contribution in [2.24, 2.45) is 5.10 Å². The maximum absolute atomic E-state index is 13.4. The molecule has 4 aromatic rings. The van der Waals surface area contributed by atoms with E-state index in [1.165, 1.54) is 17.1 Å². The Morgan fingerprint density at radius 1 is 1.13 bits per heavy atom. The molecule has 5 rings (SSSR count). The fourth-order valence-electron chi connectivity index (χ4n) is 3.57. The van der Waals surface area contributed by atoms with Gasteiger partial charge in [-0.05, 0) is 42.5 Å². The summed E-state index contributed by atoms with van der Waals surface area (Å²) in [6, 6.07) is 18.8. The number of amides is 1. The van der Waals surface area contributed by atoms with Crippen LogP contribution in [0.1, 0.15) is 24.0 Å². The molecule has 1 aliphatic heterocycles. The van der Waals surface area contributed by atoms with E-state index in [9.17, 15) is 9.18 Å². The van der Waals surface area contributed by atoms with Crippen LogP contribution in [0.15, 0.2) is 86.9 Å². The summed E-state index contributed by atoms with van der Waals surface area (Å²) in [6.45, 7) is -0.0302. The minimum atomic E-state index is -0.370. The zero-order valence-electron chi connectivity index (χ0n) is 15.9. The topological polar surface area (TPSA) is 71.0 Å². The summed E-state index contributed by atoms with van der Waals surface area (Å²) in [7, 11) is 0. The number of carbonyl (C=O) groups excluding carboxylic acids is 1. The second kappa shape index (κ2) is 7.51. The second-order valence-corrected chi connectivity index (χ2v) is 7.03. The van der Waals surface area contributed by atoms with E-state index >= 15 is 0 Å². The Kier molecular flexibility index (Phi) is 4.55. The van der Waals surface area contributed by atoms with Gasteiger partial charge in [0.25, 0.3) is 5.91 Å². The van der Waals surface area contributed by atoms with Gasteiger partial charge in [-0.3, -0.25) is 4.79 Å². The van der Waals surface area contributed by atoms with E-state index in [-0.39, 0.29) is 24.3 Å². The zero-order chi connectivity index (χ0) is 20.5. The molecule has 7 heteroatoms. The Bertz CT molecular complexity index is 1200. The summed E-state index contributed by atoms with van der Waals surface area (Å²) in [5, 5.41) is 9.89. The summed E-state index contributed by atoms with van der Waals surface area (Å²) in [6.07, 6.45) is 2.04. The van der Waals surface area contributed by atoms with Crippen molar-refractivity contribution >= 4 is 28.3 Å². The van der Waals surface area contributed by atoms with Gasteiger partial charge in [-0.25, -0.2) is 9.40 Å². The first-order chi connectivity index (χ1) is 14.7. The van der Waals surface area contributed by atoms with E-state index in [1.807, 2.05) is 36.4 Å². The van der Waals surface area contributed by atoms with E-state index in [1.54, 1.807) is 24.5 Å². The van der Waals surface area contributed by atoms with Crippen molar-refractivity contribution in [1.82, 2.24) is 5.01 Å². The highest BCUT2D eigenvalue weighted by Crippen LogP contribution is 2.34. The lowest BCUT2D eigenvalue weighted by Gasteiger charge is -2.20. The second-order valence-electron chi connectivity index (χ2n) is 7.03. The number of hydrogen-bond acceptors (Lipinski definition) is 5. The molecule has 0 aliphatic carbocycles. The van der Waals surface area contributed by atoms with Gasteiger partial charge < -0.3 is 14.2 Å². The molecule has 30 heavy (non-hydrogen) atoms. The minimum Gasteiger partial charge on any atom is -0.467 e. The molecule has 1 N–H and O–H groups in total. The van der Waals surface area contributed by atoms with Crippen LogP contribution >= 0.6 is 0 Å². The Balaban J connectivity index is 1.41. The third-order valence-electron chi connectivity index (χ3n) is 5.02. The molecule has 0 unspecified atom stereocenters. The van der Waals surface area contributed by atoms with Crippen LogP contribution < -0.4 is 5.32 Å². The average Bonchev–Trinajstić information content (AvgIpc) is 3.50. The molecule has 0 bridgehead atoms. The maximum Gasteiger partial charge on any atom is 0.262 e. The molecule has 0 spiro atoms. The number of fused-ring (bicyclic) bond motifs is 1. The molecule has 0 saturated heterocycles. The predicted octanol–water partition coefficient (Wildman–Crippen LogP) is 4.95. The first kappa shape index (κ1) is 18.2. The summed E-state index contributed by atoms with van der Waals surface area (Å²) in [5.74, 6) is 0.643. The van der Waals surface area contributed by atoms with Gasteiger partial charge in [-0.1, -0.05) is 24.3 Å². The van der Waals surface area contributed by atoms with Gasteiger partial charge >= 0.3 is 0 Å². The first-order valence-electron chi connectivity index (χ1n) is 9.59. The molecular weight excluding hydrogens is 385 g/mol. The molecule has 2 aromatic heterocycles. The number of hydrogen-bond donors (Lipinski definition) is 1. The van der Waals surface area contributed by atoms with Crippen LogP contribution in [-0.2, 0) is 4.79 Å². The third kappa shape index (κ3) is 3.45. The van der Waals surface area contributed by atoms with Gasteiger partial charge in [-0.15, -0.1) is 0 Å². The monoisotopic (exact) mass is 403 g/mol. The minimum absolute atomic E-state index is 0.0302. The molecule has 0 saturated carbocycles. The number of nitrogens with zero attached hydrogens (tertiary/aromatic N) is 2. The van der Waals surface area contributed by atoms with E-state index < -0.39 is 0 Å². The molecule has 1 atom stereocenters. The molecule has 150 valence electrons. The quantitative estimate of drug-likeness (QED) is 0.512. The number of nitrogens with one attached hydrogen (secondary N) is 1. The SMILES string of the molecule is O=C(CNc1cccc(F)c1)N1N=C(c2cc3ccccc3o2)C[C@@H]1c1ccco1. The van der Waals surface area contributed by atoms with E-state index in [0.29, 0.717) is 29.3 Å². The molecule has 1 aliphatic rings. The number of anilines is 1. The summed E-state index contributed by atoms with van der Waals surface area (Å²) in [4.78, 5) is 12.9. The van der Waals surface area contributed by atoms with Crippen LogP contribution in [0.5, 0.6) is 0 Å². The maximum atomic E-state index is 13.4. The van der Waals surface area contributed by atoms with Crippen molar-refractivity contribution in [3.8, 4) is 0 Å². The number of benzene rings is 2. The van der Waals surface area contributed by atoms with Crippen LogP contribution in [0, 0.1) is 5.82 Å². The Morgan fingerprint density at radius 2 is 2.03 bits per heavy atom. The molecule has 3 heterocycles. The van der Waals surface area contributed by atoms with E-state index in [4.69, 9.17) is 8.83 Å². The van der Waals surface area contributed by atoms with E-state index in [2.05, 4.69) is 10.4 Å². The summed E-state index contributed by atoms with van der Waals surface area (Å²) < 4.78 is 24.9. The van der Waals surface area contributed by atoms with Crippen LogP contribution in [0.2, 0.25) is 0 Å². The highest BCUT2D eigenvalue weighted by molar-refractivity contribution is 6.03. The lowest BCUT2D eigenvalue weighted by atomic mass is 10.1. The normalized spacial score (nSPS) is 16.1. The number of rotatable bonds is 5. The predicted molar refractivity (Wildman–Crippen MR) is 111 cm³/mol. The molecule has 6 nitrogen and oxygen atoms in total. The molecule has 2 aromatic carbocycles. The number of hydrazone groups is 1. The third-order valence-corrected chi connectivity index (χ3v) is 5.02. The van der Waals surface area contributed by atoms with Crippen molar-refractivity contribution in [1.29, 1.82) is 0 Å². The number of carbonyl (C=O) groups is 1. The van der Waals surface area contributed by atoms with Crippen LogP contribution in [0.25, 0.3) is 11.0 Å². The van der Waals surface area contributed by atoms with Gasteiger partial charge in [0.05, 0.1) is 12.8 Å². The Hall–Kier alpha value is -3.87. The van der Waals surface area contributed by atoms with Gasteiger partial charge in [0.2, 0.25) is 0 Å². The molecule has 0 radical (unpaired) electrons. The first-order valence-corrected chi connectivity index (χ1v) is 9.59. The fraction of sp³-hybridized carbons (Fsp3) is 0.130. The van der Waals surface area contributed by atoms with Crippen molar-refractivity contribution in [2.45, 2.75) is 12.5 Å². The number of furan rings is 2. The van der Waals surface area contributed by atoms with Gasteiger partial charge in [0.1, 0.15) is 28.9 Å². The molecule has 1 amide bonds. The standard InChI is InChI=1S/C23H18FN3O3/c24-16-6-3-7-17(12-16)25-14-23(28)27-19(21-9-4-10-29-21)13-18(26-27)22-11-15-5-1-2-8-20(15)30-22/h1-12,19,25H,13-14H2/t19-/m1/s1. The van der Waals surface area contributed by atoms with Gasteiger partial charge in [-0.2, -0.15) is 5.10 Å². The van der Waals surface area contributed by atoms with Crippen molar-refractivity contribution in [2.75, 3.05) is 11.9 Å². The number of para-hydroxylation sites is 1. The summed E-state index contributed by atoms with van der Waals surface area (Å²) >= 11 is 0. The molecular formula is C23H18FN3O3. The van der Waals surface area contributed by atoms with E-state index in [0.717, 1.165) is 11.0 Å². The Labute approximate surface area is 171 Å². The average molecular weight is 403 g/mol.